The van der Waals surface area contributed by atoms with E-state index in [9.17, 15) is 0 Å². The minimum Gasteiger partial charge on any atom is -0.0747 e. The van der Waals surface area contributed by atoms with Gasteiger partial charge in [0.2, 0.25) is 0 Å². The molecule has 0 nitrogen and oxygen atoms in total. The zero-order valence-corrected chi connectivity index (χ0v) is 16.2. The molecule has 28 heavy (non-hydrogen) atoms. The van der Waals surface area contributed by atoms with E-state index in [2.05, 4.69) is 111 Å². The SMILES string of the molecule is CC1(C)C=CC2=C(C=C1)C1(c3ccccc32)c2ccccc2-c2ccccc21. The van der Waals surface area contributed by atoms with Gasteiger partial charge in [0.1, 0.15) is 0 Å². The third-order valence-electron chi connectivity index (χ3n) is 6.63. The van der Waals surface area contributed by atoms with Crippen LogP contribution < -0.4 is 0 Å². The molecule has 0 aromatic heterocycles. The van der Waals surface area contributed by atoms with Gasteiger partial charge in [-0.1, -0.05) is 111 Å². The summed E-state index contributed by atoms with van der Waals surface area (Å²) in [6, 6.07) is 26.9. The van der Waals surface area contributed by atoms with Crippen LogP contribution in [0.15, 0.2) is 103 Å². The summed E-state index contributed by atoms with van der Waals surface area (Å²) in [6.07, 6.45) is 9.46. The van der Waals surface area contributed by atoms with Crippen molar-refractivity contribution in [3.63, 3.8) is 0 Å². The van der Waals surface area contributed by atoms with E-state index in [0.29, 0.717) is 0 Å². The molecule has 0 amide bonds. The highest BCUT2D eigenvalue weighted by Crippen LogP contribution is 2.62. The van der Waals surface area contributed by atoms with Gasteiger partial charge in [0, 0.05) is 5.41 Å². The summed E-state index contributed by atoms with van der Waals surface area (Å²) in [6.45, 7) is 4.55. The Labute approximate surface area is 166 Å². The Hall–Kier alpha value is -3.12. The van der Waals surface area contributed by atoms with E-state index in [1.54, 1.807) is 0 Å². The molecular formula is C28H22. The van der Waals surface area contributed by atoms with Crippen LogP contribution in [0.4, 0.5) is 0 Å². The molecule has 0 atom stereocenters. The van der Waals surface area contributed by atoms with E-state index in [4.69, 9.17) is 0 Å². The van der Waals surface area contributed by atoms with Crippen LogP contribution in [-0.4, -0.2) is 0 Å². The monoisotopic (exact) mass is 358 g/mol. The van der Waals surface area contributed by atoms with Gasteiger partial charge in [-0.2, -0.15) is 0 Å². The van der Waals surface area contributed by atoms with Gasteiger partial charge in [-0.15, -0.1) is 0 Å². The van der Waals surface area contributed by atoms with Gasteiger partial charge in [-0.3, -0.25) is 0 Å². The Morgan fingerprint density at radius 3 is 1.61 bits per heavy atom. The molecular weight excluding hydrogens is 336 g/mol. The molecule has 6 rings (SSSR count). The fourth-order valence-electron chi connectivity index (χ4n) is 5.40. The molecule has 0 radical (unpaired) electrons. The maximum atomic E-state index is 2.40. The molecule has 134 valence electrons. The van der Waals surface area contributed by atoms with Gasteiger partial charge < -0.3 is 0 Å². The number of allylic oxidation sites excluding steroid dienone is 6. The van der Waals surface area contributed by atoms with Crippen LogP contribution in [0.25, 0.3) is 16.7 Å². The normalized spacial score (nSPS) is 19.2. The van der Waals surface area contributed by atoms with Gasteiger partial charge in [-0.25, -0.2) is 0 Å². The molecule has 3 aliphatic rings. The number of hydrogen-bond acceptors (Lipinski definition) is 0. The largest absolute Gasteiger partial charge is 0.0747 e. The van der Waals surface area contributed by atoms with E-state index in [1.807, 2.05) is 0 Å². The van der Waals surface area contributed by atoms with Gasteiger partial charge in [-0.05, 0) is 44.5 Å². The number of hydrogen-bond donors (Lipinski definition) is 0. The summed E-state index contributed by atoms with van der Waals surface area (Å²) >= 11 is 0. The smallest absolute Gasteiger partial charge is 0.0725 e. The highest BCUT2D eigenvalue weighted by atomic mass is 14.5. The molecule has 0 N–H and O–H groups in total. The van der Waals surface area contributed by atoms with E-state index in [-0.39, 0.29) is 10.8 Å². The molecule has 1 spiro atoms. The second-order valence-electron chi connectivity index (χ2n) is 8.70. The van der Waals surface area contributed by atoms with Crippen LogP contribution in [0, 0.1) is 5.41 Å². The first-order valence-electron chi connectivity index (χ1n) is 10.1. The number of rotatable bonds is 0. The predicted octanol–water partition coefficient (Wildman–Crippen LogP) is 6.92. The molecule has 0 aliphatic heterocycles. The quantitative estimate of drug-likeness (QED) is 0.409. The molecule has 0 saturated heterocycles. The third-order valence-corrected chi connectivity index (χ3v) is 6.63. The van der Waals surface area contributed by atoms with Gasteiger partial charge in [0.05, 0.1) is 5.41 Å². The number of fused-ring (bicyclic) bond motifs is 9. The maximum absolute atomic E-state index is 2.40. The van der Waals surface area contributed by atoms with Gasteiger partial charge in [0.25, 0.3) is 0 Å². The van der Waals surface area contributed by atoms with Gasteiger partial charge >= 0.3 is 0 Å². The highest BCUT2D eigenvalue weighted by Gasteiger charge is 2.51. The number of benzene rings is 3. The summed E-state index contributed by atoms with van der Waals surface area (Å²) in [5.41, 5.74) is 10.9. The first kappa shape index (κ1) is 15.9. The van der Waals surface area contributed by atoms with E-state index >= 15 is 0 Å². The van der Waals surface area contributed by atoms with Crippen molar-refractivity contribution in [3.05, 3.63) is 125 Å². The van der Waals surface area contributed by atoms with Crippen molar-refractivity contribution in [2.75, 3.05) is 0 Å². The molecule has 0 heteroatoms. The second-order valence-corrected chi connectivity index (χ2v) is 8.70. The molecule has 0 unspecified atom stereocenters. The van der Waals surface area contributed by atoms with Crippen LogP contribution in [-0.2, 0) is 5.41 Å². The van der Waals surface area contributed by atoms with Crippen LogP contribution in [0.5, 0.6) is 0 Å². The summed E-state index contributed by atoms with van der Waals surface area (Å²) in [4.78, 5) is 0. The fraction of sp³-hybridized carbons (Fsp3) is 0.143. The second kappa shape index (κ2) is 5.23. The molecule has 3 aliphatic carbocycles. The van der Waals surface area contributed by atoms with E-state index in [1.165, 1.54) is 44.5 Å². The van der Waals surface area contributed by atoms with Gasteiger partial charge in [0.15, 0.2) is 0 Å². The van der Waals surface area contributed by atoms with Crippen molar-refractivity contribution < 1.29 is 0 Å². The Morgan fingerprint density at radius 2 is 1.00 bits per heavy atom. The lowest BCUT2D eigenvalue weighted by molar-refractivity contribution is 0.625. The minimum absolute atomic E-state index is 0.0537. The lowest BCUT2D eigenvalue weighted by atomic mass is 9.69. The summed E-state index contributed by atoms with van der Waals surface area (Å²) in [5.74, 6) is 0. The Kier molecular flexibility index (Phi) is 2.97. The summed E-state index contributed by atoms with van der Waals surface area (Å²) in [7, 11) is 0. The highest BCUT2D eigenvalue weighted by molar-refractivity contribution is 5.98. The average molecular weight is 358 g/mol. The Bertz CT molecular complexity index is 1180. The van der Waals surface area contributed by atoms with Crippen LogP contribution in [0.1, 0.15) is 36.1 Å². The lowest BCUT2D eigenvalue weighted by Crippen LogP contribution is -2.26. The van der Waals surface area contributed by atoms with Crippen molar-refractivity contribution in [1.82, 2.24) is 0 Å². The zero-order chi connectivity index (χ0) is 18.9. The lowest BCUT2D eigenvalue weighted by Gasteiger charge is -2.31. The Balaban J connectivity index is 1.81. The standard InChI is InChI=1S/C28H22/c1-27(2)17-15-22-21-11-5-8-14-25(21)28(26(22)16-18-27)23-12-6-3-9-19(23)20-10-4-7-13-24(20)28/h3-18H,1-2H3. The molecule has 0 saturated carbocycles. The first-order valence-corrected chi connectivity index (χ1v) is 10.1. The molecule has 0 bridgehead atoms. The van der Waals surface area contributed by atoms with Crippen molar-refractivity contribution >= 4 is 5.57 Å². The van der Waals surface area contributed by atoms with E-state index in [0.717, 1.165) is 0 Å². The maximum Gasteiger partial charge on any atom is 0.0725 e. The first-order chi connectivity index (χ1) is 13.6. The molecule has 3 aromatic carbocycles. The van der Waals surface area contributed by atoms with Crippen molar-refractivity contribution in [2.45, 2.75) is 19.3 Å². The fourth-order valence-corrected chi connectivity index (χ4v) is 5.40. The molecule has 3 aromatic rings. The van der Waals surface area contributed by atoms with Crippen LogP contribution in [0.2, 0.25) is 0 Å². The van der Waals surface area contributed by atoms with Crippen molar-refractivity contribution in [3.8, 4) is 11.1 Å². The van der Waals surface area contributed by atoms with E-state index < -0.39 is 0 Å². The van der Waals surface area contributed by atoms with Crippen LogP contribution >= 0.6 is 0 Å². The predicted molar refractivity (Wildman–Crippen MR) is 117 cm³/mol. The summed E-state index contributed by atoms with van der Waals surface area (Å²) in [5, 5.41) is 0. The summed E-state index contributed by atoms with van der Waals surface area (Å²) < 4.78 is 0. The molecule has 0 heterocycles. The minimum atomic E-state index is -0.222. The molecule has 0 fully saturated rings. The zero-order valence-electron chi connectivity index (χ0n) is 16.2. The van der Waals surface area contributed by atoms with Crippen molar-refractivity contribution in [1.29, 1.82) is 0 Å². The van der Waals surface area contributed by atoms with Crippen LogP contribution in [0.3, 0.4) is 0 Å². The van der Waals surface area contributed by atoms with Crippen molar-refractivity contribution in [2.24, 2.45) is 5.41 Å². The third kappa shape index (κ3) is 1.81. The topological polar surface area (TPSA) is 0 Å². The Morgan fingerprint density at radius 1 is 0.536 bits per heavy atom. The average Bonchev–Trinajstić information content (AvgIpc) is 3.11.